The molecule has 78 valence electrons. The van der Waals surface area contributed by atoms with Crippen LogP contribution >= 0.6 is 24.2 Å². The third-order valence-electron chi connectivity index (χ3n) is 2.88. The zero-order chi connectivity index (χ0) is 8.28. The van der Waals surface area contributed by atoms with Crippen LogP contribution in [0.2, 0.25) is 0 Å². The molecule has 2 heterocycles. The predicted molar refractivity (Wildman–Crippen MR) is 59.9 cm³/mol. The van der Waals surface area contributed by atoms with E-state index < -0.39 is 0 Å². The number of ether oxygens (including phenoxy) is 1. The minimum atomic E-state index is 0. The fourth-order valence-corrected chi connectivity index (χ4v) is 3.32. The van der Waals surface area contributed by atoms with Crippen LogP contribution in [0.3, 0.4) is 0 Å². The molecule has 0 saturated carbocycles. The first-order valence-electron chi connectivity index (χ1n) is 4.78. The molecule has 0 radical (unpaired) electrons. The van der Waals surface area contributed by atoms with Crippen LogP contribution in [0.15, 0.2) is 0 Å². The van der Waals surface area contributed by atoms with E-state index >= 15 is 0 Å². The number of halogens is 1. The summed E-state index contributed by atoms with van der Waals surface area (Å²) in [5.74, 6) is 2.65. The van der Waals surface area contributed by atoms with Gasteiger partial charge in [-0.25, -0.2) is 0 Å². The van der Waals surface area contributed by atoms with Crippen molar-refractivity contribution in [3.05, 3.63) is 0 Å². The van der Waals surface area contributed by atoms with Gasteiger partial charge in [-0.1, -0.05) is 0 Å². The summed E-state index contributed by atoms with van der Waals surface area (Å²) in [4.78, 5) is 0. The summed E-state index contributed by atoms with van der Waals surface area (Å²) in [5, 5.41) is 3.47. The Labute approximate surface area is 90.6 Å². The van der Waals surface area contributed by atoms with Crippen LogP contribution < -0.4 is 5.32 Å². The Morgan fingerprint density at radius 1 is 1.23 bits per heavy atom. The van der Waals surface area contributed by atoms with Gasteiger partial charge < -0.3 is 10.1 Å². The molecular weight excluding hydrogens is 206 g/mol. The Bertz CT molecular complexity index is 141. The van der Waals surface area contributed by atoms with E-state index in [1.54, 1.807) is 0 Å². The van der Waals surface area contributed by atoms with Gasteiger partial charge in [0.1, 0.15) is 0 Å². The van der Waals surface area contributed by atoms with Crippen molar-refractivity contribution in [2.75, 3.05) is 37.8 Å². The second kappa shape index (κ2) is 5.44. The van der Waals surface area contributed by atoms with E-state index in [0.717, 1.165) is 19.8 Å². The molecule has 13 heavy (non-hydrogen) atoms. The molecule has 1 N–H and O–H groups in total. The van der Waals surface area contributed by atoms with E-state index in [2.05, 4.69) is 17.1 Å². The van der Waals surface area contributed by atoms with Crippen LogP contribution in [-0.2, 0) is 4.74 Å². The Hall–Kier alpha value is 0.560. The van der Waals surface area contributed by atoms with Crippen molar-refractivity contribution < 1.29 is 4.74 Å². The van der Waals surface area contributed by atoms with Gasteiger partial charge in [0.25, 0.3) is 0 Å². The first-order chi connectivity index (χ1) is 5.91. The smallest absolute Gasteiger partial charge is 0.0591 e. The van der Waals surface area contributed by atoms with Crippen molar-refractivity contribution in [2.45, 2.75) is 12.8 Å². The lowest BCUT2D eigenvalue weighted by Crippen LogP contribution is -2.38. The molecule has 0 aliphatic carbocycles. The maximum absolute atomic E-state index is 5.62. The van der Waals surface area contributed by atoms with Crippen LogP contribution in [0.25, 0.3) is 0 Å². The van der Waals surface area contributed by atoms with Crippen molar-refractivity contribution in [2.24, 2.45) is 5.41 Å². The molecular formula is C9H18ClNOS. The van der Waals surface area contributed by atoms with Crippen molar-refractivity contribution in [1.29, 1.82) is 0 Å². The highest BCUT2D eigenvalue weighted by Gasteiger charge is 2.33. The summed E-state index contributed by atoms with van der Waals surface area (Å²) in [6.45, 7) is 4.10. The molecule has 0 atom stereocenters. The van der Waals surface area contributed by atoms with E-state index in [0.29, 0.717) is 5.41 Å². The maximum Gasteiger partial charge on any atom is 0.0591 e. The van der Waals surface area contributed by atoms with Gasteiger partial charge in [0.15, 0.2) is 0 Å². The number of thioether (sulfide) groups is 1. The molecule has 0 aromatic carbocycles. The first kappa shape index (κ1) is 11.6. The van der Waals surface area contributed by atoms with Gasteiger partial charge in [-0.2, -0.15) is 11.8 Å². The summed E-state index contributed by atoms with van der Waals surface area (Å²) in [5.41, 5.74) is 0.488. The topological polar surface area (TPSA) is 21.3 Å². The highest BCUT2D eigenvalue weighted by molar-refractivity contribution is 7.99. The van der Waals surface area contributed by atoms with Gasteiger partial charge >= 0.3 is 0 Å². The molecule has 0 aromatic rings. The van der Waals surface area contributed by atoms with Crippen LogP contribution in [-0.4, -0.2) is 37.8 Å². The zero-order valence-corrected chi connectivity index (χ0v) is 9.51. The van der Waals surface area contributed by atoms with Crippen molar-refractivity contribution >= 4 is 24.2 Å². The fraction of sp³-hybridized carbons (Fsp3) is 1.00. The van der Waals surface area contributed by atoms with E-state index in [9.17, 15) is 0 Å². The van der Waals surface area contributed by atoms with Crippen molar-refractivity contribution in [3.63, 3.8) is 0 Å². The Balaban J connectivity index is 0.000000845. The highest BCUT2D eigenvalue weighted by Crippen LogP contribution is 2.35. The summed E-state index contributed by atoms with van der Waals surface area (Å²) >= 11 is 2.09. The SMILES string of the molecule is C1COCC2(CCSCC2)CN1.Cl. The quantitative estimate of drug-likeness (QED) is 0.673. The molecule has 0 bridgehead atoms. The number of hydrogen-bond donors (Lipinski definition) is 1. The number of nitrogens with one attached hydrogen (secondary N) is 1. The van der Waals surface area contributed by atoms with Crippen molar-refractivity contribution in [1.82, 2.24) is 5.32 Å². The van der Waals surface area contributed by atoms with Crippen molar-refractivity contribution in [3.8, 4) is 0 Å². The zero-order valence-electron chi connectivity index (χ0n) is 7.88. The molecule has 0 amide bonds. The molecule has 1 spiro atoms. The largest absolute Gasteiger partial charge is 0.380 e. The first-order valence-corrected chi connectivity index (χ1v) is 5.93. The van der Waals surface area contributed by atoms with Gasteiger partial charge in [-0.15, -0.1) is 12.4 Å². The highest BCUT2D eigenvalue weighted by atomic mass is 35.5. The predicted octanol–water partition coefficient (Wildman–Crippen LogP) is 1.54. The molecule has 0 aromatic heterocycles. The maximum atomic E-state index is 5.62. The molecule has 2 saturated heterocycles. The molecule has 2 aliphatic rings. The Morgan fingerprint density at radius 2 is 2.00 bits per heavy atom. The lowest BCUT2D eigenvalue weighted by molar-refractivity contribution is 0.0639. The summed E-state index contributed by atoms with van der Waals surface area (Å²) in [6, 6.07) is 0. The normalized spacial score (nSPS) is 27.7. The molecule has 2 fully saturated rings. The third kappa shape index (κ3) is 3.01. The Kier molecular flexibility index (Phi) is 4.87. The van der Waals surface area contributed by atoms with Gasteiger partial charge in [0, 0.05) is 18.5 Å². The van der Waals surface area contributed by atoms with Gasteiger partial charge in [0.2, 0.25) is 0 Å². The summed E-state index contributed by atoms with van der Waals surface area (Å²) in [6.07, 6.45) is 2.68. The lowest BCUT2D eigenvalue weighted by atomic mass is 9.83. The average Bonchev–Trinajstić information content (AvgIpc) is 2.33. The van der Waals surface area contributed by atoms with Crippen LogP contribution in [0.4, 0.5) is 0 Å². The third-order valence-corrected chi connectivity index (χ3v) is 3.87. The molecule has 0 unspecified atom stereocenters. The number of rotatable bonds is 0. The van der Waals surface area contributed by atoms with Gasteiger partial charge in [-0.05, 0) is 24.3 Å². The molecule has 4 heteroatoms. The second-order valence-corrected chi connectivity index (χ2v) is 5.07. The van der Waals surface area contributed by atoms with E-state index in [1.165, 1.54) is 30.9 Å². The summed E-state index contributed by atoms with van der Waals surface area (Å²) < 4.78 is 5.62. The van der Waals surface area contributed by atoms with Gasteiger partial charge in [0.05, 0.1) is 13.2 Å². The summed E-state index contributed by atoms with van der Waals surface area (Å²) in [7, 11) is 0. The fourth-order valence-electron chi connectivity index (χ4n) is 1.96. The van der Waals surface area contributed by atoms with Crippen LogP contribution in [0.5, 0.6) is 0 Å². The van der Waals surface area contributed by atoms with Crippen LogP contribution in [0, 0.1) is 5.41 Å². The monoisotopic (exact) mass is 223 g/mol. The molecule has 2 aliphatic heterocycles. The number of hydrogen-bond acceptors (Lipinski definition) is 3. The molecule has 2 rings (SSSR count). The average molecular weight is 224 g/mol. The van der Waals surface area contributed by atoms with Gasteiger partial charge in [-0.3, -0.25) is 0 Å². The standard InChI is InChI=1S/C9H17NOS.ClH/c1-5-12-6-2-9(1)7-10-3-4-11-8-9;/h10H,1-8H2;1H. The lowest BCUT2D eigenvalue weighted by Gasteiger charge is -2.35. The van der Waals surface area contributed by atoms with E-state index in [1.807, 2.05) is 0 Å². The van der Waals surface area contributed by atoms with E-state index in [4.69, 9.17) is 4.74 Å². The second-order valence-electron chi connectivity index (χ2n) is 3.84. The minimum absolute atomic E-state index is 0. The Morgan fingerprint density at radius 3 is 2.77 bits per heavy atom. The minimum Gasteiger partial charge on any atom is -0.380 e. The van der Waals surface area contributed by atoms with E-state index in [-0.39, 0.29) is 12.4 Å². The molecule has 2 nitrogen and oxygen atoms in total. The van der Waals surface area contributed by atoms with Crippen LogP contribution in [0.1, 0.15) is 12.8 Å².